The Labute approximate surface area is 348 Å². The maximum atomic E-state index is 7.48. The maximum Gasteiger partial charge on any atom is 0.160 e. The fraction of sp³-hybridized carbons (Fsp3) is 0.0179. The second kappa shape index (κ2) is 13.6. The molecule has 1 aliphatic heterocycles. The predicted molar refractivity (Wildman–Crippen MR) is 242 cm³/mol. The van der Waals surface area contributed by atoms with Gasteiger partial charge in [-0.05, 0) is 51.6 Å². The van der Waals surface area contributed by atoms with Gasteiger partial charge in [-0.2, -0.15) is 0 Å². The van der Waals surface area contributed by atoms with Crippen molar-refractivity contribution >= 4 is 10.9 Å². The molecule has 0 amide bonds. The third-order valence-corrected chi connectivity index (χ3v) is 12.2. The van der Waals surface area contributed by atoms with Crippen molar-refractivity contribution in [2.45, 2.75) is 5.41 Å². The summed E-state index contributed by atoms with van der Waals surface area (Å²) in [5.74, 6) is 2.24. The fourth-order valence-electron chi connectivity index (χ4n) is 9.60. The van der Waals surface area contributed by atoms with Crippen molar-refractivity contribution in [1.29, 1.82) is 0 Å². The Morgan fingerprint density at radius 3 is 1.57 bits per heavy atom. The van der Waals surface area contributed by atoms with E-state index in [2.05, 4.69) is 176 Å². The monoisotopic (exact) mass is 765 g/mol. The zero-order chi connectivity index (χ0) is 39.6. The molecule has 0 N–H and O–H groups in total. The third-order valence-electron chi connectivity index (χ3n) is 12.2. The predicted octanol–water partition coefficient (Wildman–Crippen LogP) is 13.8. The Kier molecular flexibility index (Phi) is 7.72. The lowest BCUT2D eigenvalue weighted by Gasteiger charge is -2.40. The zero-order valence-corrected chi connectivity index (χ0v) is 32.5. The van der Waals surface area contributed by atoms with Crippen molar-refractivity contribution in [3.8, 4) is 78.8 Å². The Morgan fingerprint density at radius 2 is 0.850 bits per heavy atom. The van der Waals surface area contributed by atoms with E-state index < -0.39 is 5.41 Å². The first-order valence-corrected chi connectivity index (χ1v) is 20.3. The smallest absolute Gasteiger partial charge is 0.160 e. The van der Waals surface area contributed by atoms with E-state index in [4.69, 9.17) is 19.7 Å². The first kappa shape index (κ1) is 34.1. The summed E-state index contributed by atoms with van der Waals surface area (Å²) >= 11 is 0. The normalized spacial score (nSPS) is 12.9. The summed E-state index contributed by atoms with van der Waals surface area (Å²) in [7, 11) is 0. The molecule has 0 atom stereocenters. The largest absolute Gasteiger partial charge is 0.455 e. The van der Waals surface area contributed by atoms with Gasteiger partial charge in [0.1, 0.15) is 11.5 Å². The molecule has 0 saturated carbocycles. The summed E-state index contributed by atoms with van der Waals surface area (Å²) in [6.07, 6.45) is 1.87. The van der Waals surface area contributed by atoms with Gasteiger partial charge in [0.2, 0.25) is 0 Å². The van der Waals surface area contributed by atoms with Crippen LogP contribution in [0.5, 0.6) is 11.5 Å². The molecule has 0 radical (unpaired) electrons. The second-order valence-corrected chi connectivity index (χ2v) is 15.5. The molecule has 4 heteroatoms. The molecule has 10 aromatic rings. The number of benzene rings is 8. The Bertz CT molecular complexity index is 3230. The number of nitrogens with zero attached hydrogens (tertiary/aromatic N) is 3. The first-order chi connectivity index (χ1) is 29.8. The molecule has 12 rings (SSSR count). The molecule has 60 heavy (non-hydrogen) atoms. The van der Waals surface area contributed by atoms with Crippen LogP contribution < -0.4 is 4.74 Å². The summed E-state index contributed by atoms with van der Waals surface area (Å²) in [6.45, 7) is 0. The summed E-state index contributed by atoms with van der Waals surface area (Å²) < 4.78 is 7.48. The van der Waals surface area contributed by atoms with Crippen molar-refractivity contribution in [3.63, 3.8) is 0 Å². The van der Waals surface area contributed by atoms with E-state index in [-0.39, 0.29) is 0 Å². The van der Waals surface area contributed by atoms with Gasteiger partial charge in [-0.3, -0.25) is 4.98 Å². The number of aromatic nitrogens is 3. The average Bonchev–Trinajstić information content (AvgIpc) is 3.62. The van der Waals surface area contributed by atoms with E-state index in [9.17, 15) is 0 Å². The lowest BCUT2D eigenvalue weighted by molar-refractivity contribution is 0.439. The number of fused-ring (bicyclic) bond motifs is 10. The molecule has 280 valence electrons. The van der Waals surface area contributed by atoms with Gasteiger partial charge in [-0.25, -0.2) is 9.97 Å². The molecule has 3 heterocycles. The van der Waals surface area contributed by atoms with Crippen LogP contribution in [0.4, 0.5) is 0 Å². The average molecular weight is 766 g/mol. The Morgan fingerprint density at radius 1 is 0.350 bits per heavy atom. The highest BCUT2D eigenvalue weighted by Crippen LogP contribution is 2.64. The van der Waals surface area contributed by atoms with Crippen LogP contribution >= 0.6 is 0 Å². The minimum atomic E-state index is -0.675. The Balaban J connectivity index is 1.13. The molecule has 0 unspecified atom stereocenters. The van der Waals surface area contributed by atoms with E-state index in [1.54, 1.807) is 0 Å². The molecule has 1 spiro atoms. The third kappa shape index (κ3) is 5.14. The summed E-state index contributed by atoms with van der Waals surface area (Å²) in [6, 6.07) is 72.8. The number of para-hydroxylation sites is 3. The minimum absolute atomic E-state index is 0.651. The van der Waals surface area contributed by atoms with E-state index in [0.29, 0.717) is 5.82 Å². The lowest BCUT2D eigenvalue weighted by Crippen LogP contribution is -2.32. The van der Waals surface area contributed by atoms with Crippen LogP contribution in [-0.2, 0) is 5.41 Å². The highest BCUT2D eigenvalue weighted by molar-refractivity contribution is 5.98. The number of ether oxygens (including phenoxy) is 1. The van der Waals surface area contributed by atoms with Crippen molar-refractivity contribution in [1.82, 2.24) is 15.0 Å². The van der Waals surface area contributed by atoms with Gasteiger partial charge < -0.3 is 4.74 Å². The summed E-state index contributed by atoms with van der Waals surface area (Å²) in [5, 5.41) is 1.08. The highest BCUT2D eigenvalue weighted by atomic mass is 16.5. The molecular formula is C56H35N3O. The lowest BCUT2D eigenvalue weighted by atomic mass is 9.65. The molecule has 0 fully saturated rings. The maximum absolute atomic E-state index is 7.48. The molecule has 0 saturated heterocycles. The van der Waals surface area contributed by atoms with E-state index in [0.717, 1.165) is 78.3 Å². The molecule has 0 bridgehead atoms. The van der Waals surface area contributed by atoms with Gasteiger partial charge in [0, 0.05) is 50.5 Å². The molecule has 4 nitrogen and oxygen atoms in total. The molecule has 2 aromatic heterocycles. The van der Waals surface area contributed by atoms with Crippen molar-refractivity contribution in [2.75, 3.05) is 0 Å². The van der Waals surface area contributed by atoms with E-state index in [1.807, 2.05) is 36.5 Å². The van der Waals surface area contributed by atoms with E-state index in [1.165, 1.54) is 27.8 Å². The van der Waals surface area contributed by atoms with Gasteiger partial charge in [0.25, 0.3) is 0 Å². The van der Waals surface area contributed by atoms with Crippen LogP contribution in [-0.4, -0.2) is 15.0 Å². The molecule has 2 aliphatic rings. The van der Waals surface area contributed by atoms with Crippen molar-refractivity contribution in [2.24, 2.45) is 0 Å². The number of pyridine rings is 1. The van der Waals surface area contributed by atoms with Crippen LogP contribution in [0.1, 0.15) is 22.3 Å². The van der Waals surface area contributed by atoms with Crippen LogP contribution in [0, 0.1) is 0 Å². The number of hydrogen-bond donors (Lipinski definition) is 0. The second-order valence-electron chi connectivity index (χ2n) is 15.5. The Hall–Kier alpha value is -7.95. The van der Waals surface area contributed by atoms with Gasteiger partial charge >= 0.3 is 0 Å². The van der Waals surface area contributed by atoms with E-state index >= 15 is 0 Å². The number of rotatable bonds is 5. The fourth-order valence-corrected chi connectivity index (χ4v) is 9.60. The SMILES string of the molecule is c1ccc(-c2ccc(-c3cc(-c4cccc5c4Oc4c(-c6cccc7cccnc67)cccc4C54c5ccccc5-c5ccccc54)nc(-c4ccccc4)n3)cc2)cc1. The molecule has 1 aliphatic carbocycles. The number of hydrogen-bond acceptors (Lipinski definition) is 4. The molecular weight excluding hydrogens is 731 g/mol. The molecule has 8 aromatic carbocycles. The van der Waals surface area contributed by atoms with Gasteiger partial charge in [0.15, 0.2) is 5.82 Å². The van der Waals surface area contributed by atoms with Crippen molar-refractivity contribution < 1.29 is 4.74 Å². The van der Waals surface area contributed by atoms with Gasteiger partial charge in [-0.1, -0.05) is 188 Å². The summed E-state index contributed by atoms with van der Waals surface area (Å²) in [5.41, 5.74) is 16.2. The van der Waals surface area contributed by atoms with Crippen LogP contribution in [0.3, 0.4) is 0 Å². The van der Waals surface area contributed by atoms with Gasteiger partial charge in [-0.15, -0.1) is 0 Å². The quantitative estimate of drug-likeness (QED) is 0.175. The zero-order valence-electron chi connectivity index (χ0n) is 32.5. The van der Waals surface area contributed by atoms with Crippen LogP contribution in [0.15, 0.2) is 212 Å². The topological polar surface area (TPSA) is 47.9 Å². The van der Waals surface area contributed by atoms with Crippen LogP contribution in [0.25, 0.3) is 78.2 Å². The standard InChI is InChI=1S/C56H35N3O/c1-3-15-36(16-4-1)37-30-32-38(33-31-37)50-35-51(59-55(58-50)40-17-5-2-6-18-40)45-25-13-29-49-54(45)60-53-44(43-23-11-19-39-20-14-34-57-52(39)43)24-12-28-48(53)56(49)46-26-9-7-21-41(46)42-22-8-10-27-47(42)56/h1-35H. The highest BCUT2D eigenvalue weighted by Gasteiger charge is 2.52. The van der Waals surface area contributed by atoms with Crippen LogP contribution in [0.2, 0.25) is 0 Å². The van der Waals surface area contributed by atoms with Crippen molar-refractivity contribution in [3.05, 3.63) is 235 Å². The minimum Gasteiger partial charge on any atom is -0.455 e. The van der Waals surface area contributed by atoms with Gasteiger partial charge in [0.05, 0.1) is 22.3 Å². The summed E-state index contributed by atoms with van der Waals surface area (Å²) in [4.78, 5) is 15.5. The first-order valence-electron chi connectivity index (χ1n) is 20.3.